The molecule has 2 heterocycles. The van der Waals surface area contributed by atoms with Gasteiger partial charge < -0.3 is 9.32 Å². The molecular formula is C20H27N3O2. The molecule has 3 rings (SSSR count). The summed E-state index contributed by atoms with van der Waals surface area (Å²) in [5.41, 5.74) is 1.25. The summed E-state index contributed by atoms with van der Waals surface area (Å²) in [6.45, 7) is 7.73. The third-order valence-electron chi connectivity index (χ3n) is 5.17. The van der Waals surface area contributed by atoms with Gasteiger partial charge in [0.2, 0.25) is 17.7 Å². The SMILES string of the molecule is Cc1nnc(C2CCN(C(=O)CC(c3ccccc3)C(C)C)CC2)o1. The molecular weight excluding hydrogens is 314 g/mol. The molecule has 0 aliphatic carbocycles. The van der Waals surface area contributed by atoms with Crippen molar-refractivity contribution in [1.29, 1.82) is 0 Å². The molecule has 5 heteroatoms. The van der Waals surface area contributed by atoms with Gasteiger partial charge in [0.05, 0.1) is 0 Å². The second-order valence-corrected chi connectivity index (χ2v) is 7.28. The molecule has 1 aromatic carbocycles. The Morgan fingerprint density at radius 1 is 1.20 bits per heavy atom. The van der Waals surface area contributed by atoms with E-state index < -0.39 is 0 Å². The number of hydrogen-bond donors (Lipinski definition) is 0. The van der Waals surface area contributed by atoms with Gasteiger partial charge in [0.15, 0.2) is 0 Å². The lowest BCUT2D eigenvalue weighted by Gasteiger charge is -2.32. The van der Waals surface area contributed by atoms with Crippen LogP contribution >= 0.6 is 0 Å². The van der Waals surface area contributed by atoms with E-state index in [1.165, 1.54) is 5.56 Å². The van der Waals surface area contributed by atoms with Crippen molar-refractivity contribution in [1.82, 2.24) is 15.1 Å². The number of piperidine rings is 1. The first-order chi connectivity index (χ1) is 12.0. The second-order valence-electron chi connectivity index (χ2n) is 7.28. The molecule has 1 aliphatic heterocycles. The highest BCUT2D eigenvalue weighted by molar-refractivity contribution is 5.77. The normalized spacial score (nSPS) is 17.0. The molecule has 2 aromatic rings. The molecule has 0 bridgehead atoms. The lowest BCUT2D eigenvalue weighted by atomic mass is 9.85. The number of hydrogen-bond acceptors (Lipinski definition) is 4. The summed E-state index contributed by atoms with van der Waals surface area (Å²) in [5.74, 6) is 2.56. The number of rotatable bonds is 5. The van der Waals surface area contributed by atoms with Crippen molar-refractivity contribution in [2.45, 2.75) is 51.9 Å². The van der Waals surface area contributed by atoms with E-state index in [1.807, 2.05) is 30.0 Å². The van der Waals surface area contributed by atoms with Crippen LogP contribution < -0.4 is 0 Å². The molecule has 1 fully saturated rings. The minimum Gasteiger partial charge on any atom is -0.425 e. The standard InChI is InChI=1S/C20H27N3O2/c1-14(2)18(16-7-5-4-6-8-16)13-19(24)23-11-9-17(10-12-23)20-22-21-15(3)25-20/h4-8,14,17-18H,9-13H2,1-3H3. The molecule has 25 heavy (non-hydrogen) atoms. The van der Waals surface area contributed by atoms with Crippen LogP contribution in [0.2, 0.25) is 0 Å². The molecule has 1 unspecified atom stereocenters. The third-order valence-corrected chi connectivity index (χ3v) is 5.17. The molecule has 0 radical (unpaired) electrons. The van der Waals surface area contributed by atoms with E-state index in [4.69, 9.17) is 4.42 Å². The lowest BCUT2D eigenvalue weighted by molar-refractivity contribution is -0.133. The fourth-order valence-corrected chi connectivity index (χ4v) is 3.61. The van der Waals surface area contributed by atoms with Crippen LogP contribution in [0.25, 0.3) is 0 Å². The topological polar surface area (TPSA) is 59.2 Å². The Hall–Kier alpha value is -2.17. The van der Waals surface area contributed by atoms with Gasteiger partial charge in [-0.1, -0.05) is 44.2 Å². The number of aryl methyl sites for hydroxylation is 1. The van der Waals surface area contributed by atoms with Crippen LogP contribution in [0.1, 0.15) is 62.3 Å². The first kappa shape index (κ1) is 17.6. The number of benzene rings is 1. The van der Waals surface area contributed by atoms with Gasteiger partial charge >= 0.3 is 0 Å². The van der Waals surface area contributed by atoms with Gasteiger partial charge in [-0.3, -0.25) is 4.79 Å². The lowest BCUT2D eigenvalue weighted by Crippen LogP contribution is -2.38. The molecule has 134 valence electrons. The molecule has 0 saturated carbocycles. The number of carbonyl (C=O) groups excluding carboxylic acids is 1. The van der Waals surface area contributed by atoms with Gasteiger partial charge in [0.1, 0.15) is 0 Å². The second kappa shape index (κ2) is 7.81. The maximum absolute atomic E-state index is 12.8. The van der Waals surface area contributed by atoms with Crippen molar-refractivity contribution >= 4 is 5.91 Å². The fraction of sp³-hybridized carbons (Fsp3) is 0.550. The van der Waals surface area contributed by atoms with E-state index in [1.54, 1.807) is 0 Å². The van der Waals surface area contributed by atoms with Gasteiger partial charge in [-0.2, -0.15) is 0 Å². The van der Waals surface area contributed by atoms with Crippen molar-refractivity contribution in [2.75, 3.05) is 13.1 Å². The molecule has 1 aromatic heterocycles. The monoisotopic (exact) mass is 341 g/mol. The van der Waals surface area contributed by atoms with E-state index in [9.17, 15) is 4.79 Å². The maximum atomic E-state index is 12.8. The molecule has 1 amide bonds. The van der Waals surface area contributed by atoms with Gasteiger partial charge in [0.25, 0.3) is 0 Å². The minimum atomic E-state index is 0.253. The molecule has 1 saturated heterocycles. The smallest absolute Gasteiger partial charge is 0.223 e. The van der Waals surface area contributed by atoms with E-state index in [0.717, 1.165) is 25.9 Å². The van der Waals surface area contributed by atoms with Crippen molar-refractivity contribution < 1.29 is 9.21 Å². The van der Waals surface area contributed by atoms with E-state index in [2.05, 4.69) is 36.2 Å². The summed E-state index contributed by atoms with van der Waals surface area (Å²) < 4.78 is 5.55. The molecule has 5 nitrogen and oxygen atoms in total. The van der Waals surface area contributed by atoms with Crippen molar-refractivity contribution in [2.24, 2.45) is 5.92 Å². The van der Waals surface area contributed by atoms with E-state index >= 15 is 0 Å². The molecule has 0 spiro atoms. The van der Waals surface area contributed by atoms with Crippen LogP contribution in [0.5, 0.6) is 0 Å². The zero-order valence-corrected chi connectivity index (χ0v) is 15.3. The van der Waals surface area contributed by atoms with E-state index in [0.29, 0.717) is 24.1 Å². The Bertz CT molecular complexity index is 688. The van der Waals surface area contributed by atoms with Crippen molar-refractivity contribution in [3.05, 3.63) is 47.7 Å². The first-order valence-corrected chi connectivity index (χ1v) is 9.17. The zero-order chi connectivity index (χ0) is 17.8. The highest BCUT2D eigenvalue weighted by Gasteiger charge is 2.29. The Labute approximate surface area is 149 Å². The number of amides is 1. The van der Waals surface area contributed by atoms with Gasteiger partial charge in [0, 0.05) is 32.4 Å². The highest BCUT2D eigenvalue weighted by atomic mass is 16.4. The largest absolute Gasteiger partial charge is 0.425 e. The van der Waals surface area contributed by atoms with Gasteiger partial charge in [-0.05, 0) is 30.2 Å². The Balaban J connectivity index is 1.58. The van der Waals surface area contributed by atoms with Crippen LogP contribution in [0.15, 0.2) is 34.7 Å². The summed E-state index contributed by atoms with van der Waals surface area (Å²) >= 11 is 0. The summed E-state index contributed by atoms with van der Waals surface area (Å²) in [7, 11) is 0. The number of carbonyl (C=O) groups is 1. The van der Waals surface area contributed by atoms with Crippen LogP contribution in [-0.2, 0) is 4.79 Å². The Kier molecular flexibility index (Phi) is 5.51. The summed E-state index contributed by atoms with van der Waals surface area (Å²) in [6, 6.07) is 10.4. The number of aromatic nitrogens is 2. The van der Waals surface area contributed by atoms with Crippen LogP contribution in [0, 0.1) is 12.8 Å². The highest BCUT2D eigenvalue weighted by Crippen LogP contribution is 2.31. The van der Waals surface area contributed by atoms with Crippen LogP contribution in [0.3, 0.4) is 0 Å². The number of nitrogens with zero attached hydrogens (tertiary/aromatic N) is 3. The zero-order valence-electron chi connectivity index (χ0n) is 15.3. The predicted octanol–water partition coefficient (Wildman–Crippen LogP) is 3.91. The van der Waals surface area contributed by atoms with Crippen LogP contribution in [0.4, 0.5) is 0 Å². The minimum absolute atomic E-state index is 0.253. The van der Waals surface area contributed by atoms with Crippen molar-refractivity contribution in [3.63, 3.8) is 0 Å². The predicted molar refractivity (Wildman–Crippen MR) is 96.2 cm³/mol. The fourth-order valence-electron chi connectivity index (χ4n) is 3.61. The van der Waals surface area contributed by atoms with Crippen LogP contribution in [-0.4, -0.2) is 34.1 Å². The van der Waals surface area contributed by atoms with Crippen molar-refractivity contribution in [3.8, 4) is 0 Å². The molecule has 0 N–H and O–H groups in total. The average molecular weight is 341 g/mol. The Morgan fingerprint density at radius 3 is 2.44 bits per heavy atom. The first-order valence-electron chi connectivity index (χ1n) is 9.17. The molecule has 1 atom stereocenters. The van der Waals surface area contributed by atoms with E-state index in [-0.39, 0.29) is 17.7 Å². The summed E-state index contributed by atoms with van der Waals surface area (Å²) in [5, 5.41) is 8.04. The summed E-state index contributed by atoms with van der Waals surface area (Å²) in [4.78, 5) is 14.8. The summed E-state index contributed by atoms with van der Waals surface area (Å²) in [6.07, 6.45) is 2.36. The Morgan fingerprint density at radius 2 is 1.88 bits per heavy atom. The molecule has 1 aliphatic rings. The van der Waals surface area contributed by atoms with Gasteiger partial charge in [-0.25, -0.2) is 0 Å². The average Bonchev–Trinajstić information content (AvgIpc) is 3.06. The third kappa shape index (κ3) is 4.27. The number of likely N-dealkylation sites (tertiary alicyclic amines) is 1. The quantitative estimate of drug-likeness (QED) is 0.827. The van der Waals surface area contributed by atoms with Gasteiger partial charge in [-0.15, -0.1) is 10.2 Å². The maximum Gasteiger partial charge on any atom is 0.223 e.